The van der Waals surface area contributed by atoms with Gasteiger partial charge in [0, 0.05) is 29.9 Å². The van der Waals surface area contributed by atoms with Crippen molar-refractivity contribution >= 4 is 29.7 Å². The molecule has 6 rings (SSSR count). The Balaban J connectivity index is 1.15. The number of aryl methyl sites for hydroxylation is 1. The molecule has 2 unspecified atom stereocenters. The van der Waals surface area contributed by atoms with E-state index >= 15 is 0 Å². The molecule has 2 fully saturated rings. The van der Waals surface area contributed by atoms with E-state index in [1.54, 1.807) is 11.8 Å². The normalized spacial score (nSPS) is 21.1. The zero-order valence-electron chi connectivity index (χ0n) is 22.0. The van der Waals surface area contributed by atoms with Gasteiger partial charge >= 0.3 is 0 Å². The van der Waals surface area contributed by atoms with E-state index in [-0.39, 0.29) is 24.6 Å². The van der Waals surface area contributed by atoms with Crippen LogP contribution >= 0.6 is 11.8 Å². The Morgan fingerprint density at radius 3 is 2.67 bits per heavy atom. The molecule has 2 amide bonds. The van der Waals surface area contributed by atoms with Crippen molar-refractivity contribution in [2.75, 3.05) is 6.79 Å². The molecule has 200 valence electrons. The number of amides is 2. The van der Waals surface area contributed by atoms with Gasteiger partial charge in [-0.1, -0.05) is 55.3 Å². The molecule has 1 aliphatic carbocycles. The summed E-state index contributed by atoms with van der Waals surface area (Å²) in [5, 5.41) is 3.39. The van der Waals surface area contributed by atoms with Gasteiger partial charge in [-0.15, -0.1) is 11.8 Å². The number of hydrogen-bond donors (Lipinski definition) is 1. The van der Waals surface area contributed by atoms with Crippen LogP contribution in [0.4, 0.5) is 0 Å². The van der Waals surface area contributed by atoms with Crippen molar-refractivity contribution in [3.05, 3.63) is 99.5 Å². The second-order valence-corrected chi connectivity index (χ2v) is 11.6. The van der Waals surface area contributed by atoms with Gasteiger partial charge in [-0.2, -0.15) is 0 Å². The molecule has 3 aromatic carbocycles. The van der Waals surface area contributed by atoms with Crippen LogP contribution in [0.25, 0.3) is 6.08 Å². The number of ether oxygens (including phenoxy) is 2. The number of fused-ring (bicyclic) bond motifs is 2. The van der Waals surface area contributed by atoms with E-state index < -0.39 is 0 Å². The molecule has 6 nitrogen and oxygen atoms in total. The number of rotatable bonds is 6. The predicted molar refractivity (Wildman–Crippen MR) is 154 cm³/mol. The third kappa shape index (κ3) is 5.55. The van der Waals surface area contributed by atoms with Gasteiger partial charge in [0.25, 0.3) is 11.8 Å². The summed E-state index contributed by atoms with van der Waals surface area (Å²) in [6.45, 7) is 3.38. The van der Waals surface area contributed by atoms with Crippen molar-refractivity contribution in [2.24, 2.45) is 0 Å². The molecule has 1 saturated carbocycles. The molecule has 3 aromatic rings. The monoisotopic (exact) mass is 540 g/mol. The number of nitrogens with zero attached hydrogens (tertiary/aromatic N) is 1. The Kier molecular flexibility index (Phi) is 7.33. The van der Waals surface area contributed by atoms with E-state index in [4.69, 9.17) is 9.47 Å². The lowest BCUT2D eigenvalue weighted by Gasteiger charge is -2.44. The minimum absolute atomic E-state index is 0.108. The second kappa shape index (κ2) is 11.2. The fraction of sp³-hybridized carbons (Fsp3) is 0.312. The minimum atomic E-state index is -0.149. The number of hydrogen-bond acceptors (Lipinski definition) is 5. The van der Waals surface area contributed by atoms with Crippen LogP contribution in [0.5, 0.6) is 11.5 Å². The first-order valence-corrected chi connectivity index (χ1v) is 14.4. The van der Waals surface area contributed by atoms with E-state index in [1.807, 2.05) is 60.7 Å². The van der Waals surface area contributed by atoms with Crippen molar-refractivity contribution in [3.63, 3.8) is 0 Å². The summed E-state index contributed by atoms with van der Waals surface area (Å²) >= 11 is 1.73. The quantitative estimate of drug-likeness (QED) is 0.384. The van der Waals surface area contributed by atoms with Crippen LogP contribution in [0.3, 0.4) is 0 Å². The van der Waals surface area contributed by atoms with Crippen molar-refractivity contribution in [1.29, 1.82) is 0 Å². The Morgan fingerprint density at radius 2 is 1.82 bits per heavy atom. The van der Waals surface area contributed by atoms with Gasteiger partial charge in [-0.05, 0) is 72.4 Å². The Labute approximate surface area is 233 Å². The molecule has 3 aliphatic rings. The highest BCUT2D eigenvalue weighted by Gasteiger charge is 2.40. The zero-order valence-corrected chi connectivity index (χ0v) is 22.8. The highest BCUT2D eigenvalue weighted by molar-refractivity contribution is 8.04. The fourth-order valence-electron chi connectivity index (χ4n) is 5.55. The summed E-state index contributed by atoms with van der Waals surface area (Å²) in [4.78, 5) is 29.4. The van der Waals surface area contributed by atoms with E-state index in [2.05, 4.69) is 29.3 Å². The van der Waals surface area contributed by atoms with Crippen LogP contribution in [0.1, 0.15) is 58.3 Å². The molecule has 0 radical (unpaired) electrons. The largest absolute Gasteiger partial charge is 0.454 e. The van der Waals surface area contributed by atoms with Crippen LogP contribution in [0.2, 0.25) is 0 Å². The molecule has 0 spiro atoms. The second-order valence-electron chi connectivity index (χ2n) is 10.4. The summed E-state index contributed by atoms with van der Waals surface area (Å²) in [5.41, 5.74) is 4.86. The SMILES string of the molecule is Cc1ccccc1CN1C(=O)/C(=C\c2ccc(C(=O)NCc3ccc4c(c3)OCO4)cc2)SC2CCCCC21. The molecular weight excluding hydrogens is 508 g/mol. The van der Waals surface area contributed by atoms with Crippen LogP contribution < -0.4 is 14.8 Å². The number of carbonyl (C=O) groups is 2. The lowest BCUT2D eigenvalue weighted by atomic mass is 9.92. The summed E-state index contributed by atoms with van der Waals surface area (Å²) in [7, 11) is 0. The van der Waals surface area contributed by atoms with Crippen molar-refractivity contribution in [2.45, 2.75) is 57.0 Å². The first kappa shape index (κ1) is 25.6. The molecule has 1 N–H and O–H groups in total. The summed E-state index contributed by atoms with van der Waals surface area (Å²) < 4.78 is 10.8. The third-order valence-electron chi connectivity index (χ3n) is 7.78. The lowest BCUT2D eigenvalue weighted by molar-refractivity contribution is -0.130. The van der Waals surface area contributed by atoms with Gasteiger partial charge in [0.15, 0.2) is 11.5 Å². The van der Waals surface area contributed by atoms with Crippen molar-refractivity contribution in [3.8, 4) is 11.5 Å². The van der Waals surface area contributed by atoms with Gasteiger partial charge in [-0.3, -0.25) is 9.59 Å². The average molecular weight is 541 g/mol. The number of benzene rings is 3. The maximum atomic E-state index is 13.7. The summed E-state index contributed by atoms with van der Waals surface area (Å²) in [6, 6.07) is 21.7. The van der Waals surface area contributed by atoms with Crippen LogP contribution in [0, 0.1) is 6.92 Å². The molecule has 0 bridgehead atoms. The molecule has 0 aromatic heterocycles. The Bertz CT molecular complexity index is 1420. The molecule has 39 heavy (non-hydrogen) atoms. The molecule has 2 heterocycles. The topological polar surface area (TPSA) is 67.9 Å². The van der Waals surface area contributed by atoms with Crippen molar-refractivity contribution < 1.29 is 19.1 Å². The molecule has 1 saturated heterocycles. The number of thioether (sulfide) groups is 1. The lowest BCUT2D eigenvalue weighted by Crippen LogP contribution is -2.50. The number of nitrogens with one attached hydrogen (secondary N) is 1. The smallest absolute Gasteiger partial charge is 0.260 e. The van der Waals surface area contributed by atoms with E-state index in [0.717, 1.165) is 34.6 Å². The first-order chi connectivity index (χ1) is 19.0. The standard InChI is InChI=1S/C32H32N2O4S/c1-21-6-2-3-7-25(21)19-34-26-8-4-5-9-29(26)39-30(32(34)36)17-22-10-13-24(14-11-22)31(35)33-18-23-12-15-27-28(16-23)38-20-37-27/h2-3,6-7,10-17,26,29H,4-5,8-9,18-20H2,1H3,(H,33,35)/b30-17+. The van der Waals surface area contributed by atoms with Gasteiger partial charge in [0.2, 0.25) is 6.79 Å². The van der Waals surface area contributed by atoms with Crippen LogP contribution in [-0.4, -0.2) is 34.8 Å². The molecule has 2 aliphatic heterocycles. The Morgan fingerprint density at radius 1 is 1.03 bits per heavy atom. The van der Waals surface area contributed by atoms with Gasteiger partial charge in [-0.25, -0.2) is 0 Å². The average Bonchev–Trinajstić information content (AvgIpc) is 3.43. The minimum Gasteiger partial charge on any atom is -0.454 e. The van der Waals surface area contributed by atoms with Crippen molar-refractivity contribution in [1.82, 2.24) is 10.2 Å². The molecular formula is C32H32N2O4S. The van der Waals surface area contributed by atoms with E-state index in [9.17, 15) is 9.59 Å². The van der Waals surface area contributed by atoms with Gasteiger partial charge < -0.3 is 19.7 Å². The van der Waals surface area contributed by atoms with E-state index in [1.165, 1.54) is 24.0 Å². The van der Waals surface area contributed by atoms with E-state index in [0.29, 0.717) is 29.7 Å². The molecule has 2 atom stereocenters. The Hall–Kier alpha value is -3.71. The maximum absolute atomic E-state index is 13.7. The van der Waals surface area contributed by atoms with Gasteiger partial charge in [0.1, 0.15) is 0 Å². The summed E-state index contributed by atoms with van der Waals surface area (Å²) in [5.74, 6) is 1.38. The van der Waals surface area contributed by atoms with Gasteiger partial charge in [0.05, 0.1) is 4.91 Å². The predicted octanol–water partition coefficient (Wildman–Crippen LogP) is 6.08. The maximum Gasteiger partial charge on any atom is 0.260 e. The highest BCUT2D eigenvalue weighted by atomic mass is 32.2. The third-order valence-corrected chi connectivity index (χ3v) is 9.18. The van der Waals surface area contributed by atoms with Crippen LogP contribution in [-0.2, 0) is 17.9 Å². The van der Waals surface area contributed by atoms with Crippen LogP contribution in [0.15, 0.2) is 71.6 Å². The highest BCUT2D eigenvalue weighted by Crippen LogP contribution is 2.43. The number of carbonyl (C=O) groups excluding carboxylic acids is 2. The fourth-order valence-corrected chi connectivity index (χ4v) is 7.02. The molecule has 7 heteroatoms. The summed E-state index contributed by atoms with van der Waals surface area (Å²) in [6.07, 6.45) is 6.57. The zero-order chi connectivity index (χ0) is 26.8. The first-order valence-electron chi connectivity index (χ1n) is 13.6.